The van der Waals surface area contributed by atoms with E-state index in [4.69, 9.17) is 0 Å². The lowest BCUT2D eigenvalue weighted by atomic mass is 9.86. The maximum atomic E-state index is 12.4. The number of ketones is 1. The summed E-state index contributed by atoms with van der Waals surface area (Å²) in [5.41, 5.74) is 3.53. The summed E-state index contributed by atoms with van der Waals surface area (Å²) < 4.78 is 0. The fourth-order valence-electron chi connectivity index (χ4n) is 3.42. The van der Waals surface area contributed by atoms with Crippen LogP contribution in [0.2, 0.25) is 0 Å². The quantitative estimate of drug-likeness (QED) is 0.865. The summed E-state index contributed by atoms with van der Waals surface area (Å²) in [6.07, 6.45) is 4.53. The Balaban J connectivity index is 1.71. The highest BCUT2D eigenvalue weighted by molar-refractivity contribution is 6.02. The zero-order chi connectivity index (χ0) is 12.5. The molecule has 0 bridgehead atoms. The molecule has 1 saturated heterocycles. The molecule has 1 heterocycles. The summed E-state index contributed by atoms with van der Waals surface area (Å²) in [5.74, 6) is 1.39. The van der Waals surface area contributed by atoms with Crippen molar-refractivity contribution in [1.29, 1.82) is 0 Å². The average molecular weight is 243 g/mol. The molecule has 2 heteroatoms. The van der Waals surface area contributed by atoms with E-state index >= 15 is 0 Å². The molecule has 1 aromatic rings. The molecular weight excluding hydrogens is 222 g/mol. The van der Waals surface area contributed by atoms with Crippen molar-refractivity contribution in [2.45, 2.75) is 32.6 Å². The summed E-state index contributed by atoms with van der Waals surface area (Å²) in [6, 6.07) is 6.27. The normalized spacial score (nSPS) is 24.3. The van der Waals surface area contributed by atoms with E-state index in [1.807, 2.05) is 6.07 Å². The third kappa shape index (κ3) is 2.22. The molecule has 0 radical (unpaired) electrons. The van der Waals surface area contributed by atoms with Crippen LogP contribution in [0.3, 0.4) is 0 Å². The first kappa shape index (κ1) is 11.9. The summed E-state index contributed by atoms with van der Waals surface area (Å²) >= 11 is 0. The van der Waals surface area contributed by atoms with Crippen molar-refractivity contribution in [2.24, 2.45) is 11.8 Å². The van der Waals surface area contributed by atoms with Crippen molar-refractivity contribution < 1.29 is 4.79 Å². The Labute approximate surface area is 109 Å². The Kier molecular flexibility index (Phi) is 3.21. The number of rotatable bonds is 2. The molecule has 1 aliphatic carbocycles. The first-order chi connectivity index (χ1) is 8.74. The van der Waals surface area contributed by atoms with Gasteiger partial charge in [-0.25, -0.2) is 0 Å². The fourth-order valence-corrected chi connectivity index (χ4v) is 3.42. The molecule has 1 fully saturated rings. The number of carbonyl (C=O) groups excluding carboxylic acids is 1. The largest absolute Gasteiger partial charge is 0.317 e. The second-order valence-electron chi connectivity index (χ2n) is 5.85. The van der Waals surface area contributed by atoms with E-state index < -0.39 is 0 Å². The molecule has 1 aliphatic heterocycles. The van der Waals surface area contributed by atoms with Crippen LogP contribution < -0.4 is 5.32 Å². The van der Waals surface area contributed by atoms with E-state index in [1.54, 1.807) is 0 Å². The Morgan fingerprint density at radius 3 is 2.83 bits per heavy atom. The van der Waals surface area contributed by atoms with Crippen molar-refractivity contribution in [2.75, 3.05) is 13.1 Å². The van der Waals surface area contributed by atoms with Crippen LogP contribution in [0.1, 0.15) is 40.7 Å². The van der Waals surface area contributed by atoms with E-state index in [0.29, 0.717) is 5.78 Å². The van der Waals surface area contributed by atoms with Crippen LogP contribution in [-0.2, 0) is 6.42 Å². The van der Waals surface area contributed by atoms with Crippen LogP contribution in [0.25, 0.3) is 0 Å². The second kappa shape index (κ2) is 4.85. The van der Waals surface area contributed by atoms with Gasteiger partial charge in [-0.15, -0.1) is 0 Å². The molecule has 3 rings (SSSR count). The lowest BCUT2D eigenvalue weighted by molar-refractivity contribution is 0.0913. The van der Waals surface area contributed by atoms with E-state index in [2.05, 4.69) is 24.4 Å². The van der Waals surface area contributed by atoms with Crippen LogP contribution in [0, 0.1) is 18.8 Å². The van der Waals surface area contributed by atoms with Gasteiger partial charge >= 0.3 is 0 Å². The molecule has 96 valence electrons. The molecule has 0 amide bonds. The Bertz CT molecular complexity index is 460. The first-order valence-electron chi connectivity index (χ1n) is 7.08. The van der Waals surface area contributed by atoms with Gasteiger partial charge in [0.15, 0.2) is 5.78 Å². The molecule has 1 aromatic carbocycles. The molecule has 18 heavy (non-hydrogen) atoms. The fraction of sp³-hybridized carbons (Fsp3) is 0.562. The standard InChI is InChI=1S/C16H21NO/c1-11-2-3-15-13(8-11)10-14(16(15)18)9-12-4-6-17-7-5-12/h2-3,8,12,14,17H,4-7,9-10H2,1H3. The van der Waals surface area contributed by atoms with Crippen LogP contribution in [0.15, 0.2) is 18.2 Å². The summed E-state index contributed by atoms with van der Waals surface area (Å²) in [6.45, 7) is 4.35. The zero-order valence-corrected chi connectivity index (χ0v) is 11.0. The van der Waals surface area contributed by atoms with Gasteiger partial charge in [-0.1, -0.05) is 23.8 Å². The van der Waals surface area contributed by atoms with E-state index in [1.165, 1.54) is 24.0 Å². The highest BCUT2D eigenvalue weighted by Crippen LogP contribution is 2.33. The third-order valence-corrected chi connectivity index (χ3v) is 4.44. The van der Waals surface area contributed by atoms with Crippen LogP contribution in [-0.4, -0.2) is 18.9 Å². The molecule has 0 saturated carbocycles. The number of piperidine rings is 1. The van der Waals surface area contributed by atoms with E-state index in [9.17, 15) is 4.79 Å². The van der Waals surface area contributed by atoms with Crippen molar-refractivity contribution in [3.05, 3.63) is 34.9 Å². The van der Waals surface area contributed by atoms with Gasteiger partial charge in [0, 0.05) is 11.5 Å². The van der Waals surface area contributed by atoms with Gasteiger partial charge < -0.3 is 5.32 Å². The Hall–Kier alpha value is -1.15. The van der Waals surface area contributed by atoms with Gasteiger partial charge in [-0.05, 0) is 57.2 Å². The van der Waals surface area contributed by atoms with Gasteiger partial charge in [0.05, 0.1) is 0 Å². The van der Waals surface area contributed by atoms with Crippen molar-refractivity contribution in [3.63, 3.8) is 0 Å². The monoisotopic (exact) mass is 243 g/mol. The maximum absolute atomic E-state index is 12.4. The summed E-state index contributed by atoms with van der Waals surface area (Å²) in [7, 11) is 0. The first-order valence-corrected chi connectivity index (χ1v) is 7.08. The number of hydrogen-bond donors (Lipinski definition) is 1. The van der Waals surface area contributed by atoms with Crippen molar-refractivity contribution >= 4 is 5.78 Å². The smallest absolute Gasteiger partial charge is 0.166 e. The molecule has 1 unspecified atom stereocenters. The third-order valence-electron chi connectivity index (χ3n) is 4.44. The Morgan fingerprint density at radius 2 is 2.06 bits per heavy atom. The van der Waals surface area contributed by atoms with E-state index in [-0.39, 0.29) is 5.92 Å². The number of aryl methyl sites for hydroxylation is 1. The van der Waals surface area contributed by atoms with Gasteiger partial charge in [-0.3, -0.25) is 4.79 Å². The molecule has 2 nitrogen and oxygen atoms in total. The number of hydrogen-bond acceptors (Lipinski definition) is 2. The van der Waals surface area contributed by atoms with E-state index in [0.717, 1.165) is 37.4 Å². The minimum absolute atomic E-state index is 0.255. The van der Waals surface area contributed by atoms with Crippen LogP contribution in [0.4, 0.5) is 0 Å². The number of fused-ring (bicyclic) bond motifs is 1. The number of nitrogens with one attached hydrogen (secondary N) is 1. The molecule has 0 spiro atoms. The molecule has 0 aromatic heterocycles. The zero-order valence-electron chi connectivity index (χ0n) is 11.0. The average Bonchev–Trinajstić information content (AvgIpc) is 2.67. The maximum Gasteiger partial charge on any atom is 0.166 e. The predicted molar refractivity (Wildman–Crippen MR) is 72.9 cm³/mol. The minimum Gasteiger partial charge on any atom is -0.317 e. The van der Waals surface area contributed by atoms with Crippen LogP contribution in [0.5, 0.6) is 0 Å². The number of Topliss-reactive ketones (excluding diaryl/α,β-unsaturated/α-hetero) is 1. The van der Waals surface area contributed by atoms with Gasteiger partial charge in [0.25, 0.3) is 0 Å². The highest BCUT2D eigenvalue weighted by Gasteiger charge is 2.32. The SMILES string of the molecule is Cc1ccc2c(c1)CC(CC1CCNCC1)C2=O. The number of benzene rings is 1. The van der Waals surface area contributed by atoms with Gasteiger partial charge in [0.1, 0.15) is 0 Å². The number of carbonyl (C=O) groups is 1. The highest BCUT2D eigenvalue weighted by atomic mass is 16.1. The summed E-state index contributed by atoms with van der Waals surface area (Å²) in [5, 5.41) is 3.39. The summed E-state index contributed by atoms with van der Waals surface area (Å²) in [4.78, 5) is 12.4. The second-order valence-corrected chi connectivity index (χ2v) is 5.85. The lowest BCUT2D eigenvalue weighted by Gasteiger charge is -2.24. The Morgan fingerprint density at radius 1 is 1.28 bits per heavy atom. The molecule has 1 N–H and O–H groups in total. The topological polar surface area (TPSA) is 29.1 Å². The molecule has 2 aliphatic rings. The van der Waals surface area contributed by atoms with Gasteiger partial charge in [-0.2, -0.15) is 0 Å². The predicted octanol–water partition coefficient (Wildman–Crippen LogP) is 2.74. The van der Waals surface area contributed by atoms with Gasteiger partial charge in [0.2, 0.25) is 0 Å². The van der Waals surface area contributed by atoms with Crippen LogP contribution >= 0.6 is 0 Å². The minimum atomic E-state index is 0.255. The lowest BCUT2D eigenvalue weighted by Crippen LogP contribution is -2.29. The van der Waals surface area contributed by atoms with Crippen molar-refractivity contribution in [3.8, 4) is 0 Å². The molecular formula is C16H21NO. The van der Waals surface area contributed by atoms with Crippen molar-refractivity contribution in [1.82, 2.24) is 5.32 Å². The molecule has 1 atom stereocenters.